The van der Waals surface area contributed by atoms with E-state index in [0.717, 1.165) is 50.5 Å². The largest absolute Gasteiger partial charge is 0.324 e. The average molecular weight is 413 g/mol. The molecule has 0 atom stereocenters. The lowest BCUT2D eigenvalue weighted by Gasteiger charge is -2.16. The molecule has 0 amide bonds. The van der Waals surface area contributed by atoms with Gasteiger partial charge in [-0.05, 0) is 77.3 Å². The van der Waals surface area contributed by atoms with Crippen LogP contribution in [0.5, 0.6) is 0 Å². The van der Waals surface area contributed by atoms with Gasteiger partial charge >= 0.3 is 0 Å². The van der Waals surface area contributed by atoms with Crippen molar-refractivity contribution in [3.63, 3.8) is 0 Å². The third-order valence-electron chi connectivity index (χ3n) is 5.55. The molecule has 4 heteroatoms. The van der Waals surface area contributed by atoms with Crippen molar-refractivity contribution in [2.45, 2.75) is 54.5 Å². The first-order chi connectivity index (χ1) is 14.6. The minimum absolute atomic E-state index is 0.307. The Labute approximate surface area is 185 Å². The van der Waals surface area contributed by atoms with Crippen LogP contribution in [-0.2, 0) is 0 Å². The number of rotatable bonds is 6. The van der Waals surface area contributed by atoms with Crippen molar-refractivity contribution < 1.29 is 0 Å². The van der Waals surface area contributed by atoms with Crippen LogP contribution in [0.25, 0.3) is 22.3 Å². The van der Waals surface area contributed by atoms with Gasteiger partial charge in [0.05, 0.1) is 5.52 Å². The predicted octanol–water partition coefficient (Wildman–Crippen LogP) is 7.01. The molecule has 0 N–H and O–H groups in total. The van der Waals surface area contributed by atoms with Crippen LogP contribution in [-0.4, -0.2) is 19.5 Å². The van der Waals surface area contributed by atoms with Crippen LogP contribution in [0, 0.1) is 13.8 Å². The monoisotopic (exact) mass is 412 g/mol. The maximum absolute atomic E-state index is 4.70. The van der Waals surface area contributed by atoms with Crippen molar-refractivity contribution in [2.75, 3.05) is 0 Å². The minimum atomic E-state index is 0.307. The van der Waals surface area contributed by atoms with Crippen LogP contribution >= 0.6 is 0 Å². The molecule has 0 fully saturated rings. The second kappa shape index (κ2) is 8.84. The minimum Gasteiger partial charge on any atom is -0.324 e. The Morgan fingerprint density at radius 1 is 1.03 bits per heavy atom. The van der Waals surface area contributed by atoms with Crippen molar-refractivity contribution in [3.8, 4) is 0 Å². The molecule has 0 aliphatic rings. The first kappa shape index (κ1) is 22.4. The normalized spacial score (nSPS) is 11.8. The highest BCUT2D eigenvalue weighted by Crippen LogP contribution is 2.32. The van der Waals surface area contributed by atoms with Crippen LogP contribution in [0.15, 0.2) is 61.0 Å². The van der Waals surface area contributed by atoms with Crippen LogP contribution < -0.4 is 0 Å². The highest BCUT2D eigenvalue weighted by Gasteiger charge is 2.16. The summed E-state index contributed by atoms with van der Waals surface area (Å²) in [7, 11) is 0. The molecule has 3 aromatic heterocycles. The van der Waals surface area contributed by atoms with Crippen LogP contribution in [0.4, 0.5) is 0 Å². The van der Waals surface area contributed by atoms with E-state index in [4.69, 9.17) is 4.98 Å². The molecule has 0 aromatic carbocycles. The third kappa shape index (κ3) is 4.29. The summed E-state index contributed by atoms with van der Waals surface area (Å²) in [6, 6.07) is 4.63. The van der Waals surface area contributed by atoms with Gasteiger partial charge in [0, 0.05) is 40.8 Å². The van der Waals surface area contributed by atoms with Crippen LogP contribution in [0.3, 0.4) is 0 Å². The van der Waals surface area contributed by atoms with Gasteiger partial charge < -0.3 is 4.57 Å². The lowest BCUT2D eigenvalue weighted by molar-refractivity contribution is 0.600. The number of imidazole rings is 1. The van der Waals surface area contributed by atoms with E-state index < -0.39 is 0 Å². The van der Waals surface area contributed by atoms with Crippen molar-refractivity contribution in [1.29, 1.82) is 0 Å². The van der Waals surface area contributed by atoms with Gasteiger partial charge in [-0.25, -0.2) is 9.97 Å². The standard InChI is InChI=1S/C27H32N4/c1-10-11-18(6)26(16(2)3)23-12-24(20(8)28-15-23)19(7)22-13-25-27(29-14-22)30-21(9)31(25)17(4)5/h10-15,17H,1,7H2,2-6,8-9H3/b18-11-. The Morgan fingerprint density at radius 2 is 1.71 bits per heavy atom. The molecule has 4 nitrogen and oxygen atoms in total. The van der Waals surface area contributed by atoms with Crippen molar-refractivity contribution in [1.82, 2.24) is 19.5 Å². The number of hydrogen-bond acceptors (Lipinski definition) is 3. The van der Waals surface area contributed by atoms with Gasteiger partial charge in [0.1, 0.15) is 5.82 Å². The molecule has 3 aromatic rings. The number of hydrogen-bond donors (Lipinski definition) is 0. The van der Waals surface area contributed by atoms with Gasteiger partial charge in [0.25, 0.3) is 0 Å². The Morgan fingerprint density at radius 3 is 2.32 bits per heavy atom. The summed E-state index contributed by atoms with van der Waals surface area (Å²) in [6.07, 6.45) is 7.65. The summed E-state index contributed by atoms with van der Waals surface area (Å²) in [5, 5.41) is 0. The Bertz CT molecular complexity index is 1230. The zero-order valence-corrected chi connectivity index (χ0v) is 19.7. The van der Waals surface area contributed by atoms with Crippen molar-refractivity contribution >= 4 is 22.3 Å². The summed E-state index contributed by atoms with van der Waals surface area (Å²) < 4.78 is 2.21. The molecule has 31 heavy (non-hydrogen) atoms. The maximum Gasteiger partial charge on any atom is 0.177 e. The molecule has 0 aliphatic carbocycles. The molecule has 3 rings (SSSR count). The van der Waals surface area contributed by atoms with Gasteiger partial charge in [-0.1, -0.05) is 30.9 Å². The maximum atomic E-state index is 4.70. The first-order valence-electron chi connectivity index (χ1n) is 10.6. The lowest BCUT2D eigenvalue weighted by atomic mass is 9.92. The van der Waals surface area contributed by atoms with E-state index in [0.29, 0.717) is 6.04 Å². The van der Waals surface area contributed by atoms with Crippen molar-refractivity contribution in [2.24, 2.45) is 0 Å². The third-order valence-corrected chi connectivity index (χ3v) is 5.55. The number of fused-ring (bicyclic) bond motifs is 1. The van der Waals surface area contributed by atoms with Gasteiger partial charge in [0.2, 0.25) is 0 Å². The van der Waals surface area contributed by atoms with Gasteiger partial charge in [-0.3, -0.25) is 4.98 Å². The quantitative estimate of drug-likeness (QED) is 0.409. The number of pyridine rings is 2. The van der Waals surface area contributed by atoms with E-state index in [2.05, 4.69) is 74.4 Å². The summed E-state index contributed by atoms with van der Waals surface area (Å²) in [5.74, 6) is 0.970. The van der Waals surface area contributed by atoms with E-state index in [9.17, 15) is 0 Å². The Balaban J connectivity index is 2.13. The molecule has 0 unspecified atom stereocenters. The average Bonchev–Trinajstić information content (AvgIpc) is 3.03. The SMILES string of the molecule is C=C/C=C(/C)C(=C(C)C)c1cnc(C)c(C(=C)c2cnc3nc(C)n(C(C)C)c3c2)c1. The van der Waals surface area contributed by atoms with Gasteiger partial charge in [-0.15, -0.1) is 0 Å². The highest BCUT2D eigenvalue weighted by atomic mass is 15.1. The number of nitrogens with zero attached hydrogens (tertiary/aromatic N) is 4. The molecular weight excluding hydrogens is 380 g/mol. The van der Waals surface area contributed by atoms with E-state index in [-0.39, 0.29) is 0 Å². The molecule has 160 valence electrons. The number of aryl methyl sites for hydroxylation is 2. The molecule has 3 heterocycles. The first-order valence-corrected chi connectivity index (χ1v) is 10.6. The number of allylic oxidation sites excluding steroid dienone is 5. The molecule has 0 saturated carbocycles. The number of aromatic nitrogens is 4. The van der Waals surface area contributed by atoms with E-state index in [1.165, 1.54) is 11.1 Å². The Kier molecular flexibility index (Phi) is 6.40. The zero-order valence-electron chi connectivity index (χ0n) is 19.7. The van der Waals surface area contributed by atoms with Crippen molar-refractivity contribution in [3.05, 3.63) is 89.2 Å². The van der Waals surface area contributed by atoms with Gasteiger partial charge in [0.15, 0.2) is 5.65 Å². The molecule has 0 radical (unpaired) electrons. The summed E-state index contributed by atoms with van der Waals surface area (Å²) in [6.45, 7) is 23.0. The lowest BCUT2D eigenvalue weighted by Crippen LogP contribution is -2.03. The summed E-state index contributed by atoms with van der Waals surface area (Å²) >= 11 is 0. The van der Waals surface area contributed by atoms with Gasteiger partial charge in [-0.2, -0.15) is 0 Å². The van der Waals surface area contributed by atoms with E-state index in [1.807, 2.05) is 38.4 Å². The fourth-order valence-corrected chi connectivity index (χ4v) is 4.21. The fourth-order valence-electron chi connectivity index (χ4n) is 4.21. The summed E-state index contributed by atoms with van der Waals surface area (Å²) in [5.41, 5.74) is 10.3. The molecular formula is C27H32N4. The smallest absolute Gasteiger partial charge is 0.177 e. The molecule has 0 bridgehead atoms. The zero-order chi connectivity index (χ0) is 22.9. The highest BCUT2D eigenvalue weighted by molar-refractivity contribution is 5.87. The molecule has 0 spiro atoms. The fraction of sp³-hybridized carbons (Fsp3) is 0.296. The van der Waals surface area contributed by atoms with E-state index in [1.54, 1.807) is 0 Å². The molecule has 0 saturated heterocycles. The molecule has 0 aliphatic heterocycles. The van der Waals surface area contributed by atoms with Crippen LogP contribution in [0.2, 0.25) is 0 Å². The van der Waals surface area contributed by atoms with E-state index >= 15 is 0 Å². The predicted molar refractivity (Wildman–Crippen MR) is 132 cm³/mol. The second-order valence-electron chi connectivity index (χ2n) is 8.49. The van der Waals surface area contributed by atoms with Crippen LogP contribution in [0.1, 0.15) is 68.9 Å². The second-order valence-corrected chi connectivity index (χ2v) is 8.49. The Hall–Kier alpha value is -3.27. The summed E-state index contributed by atoms with van der Waals surface area (Å²) in [4.78, 5) is 13.9. The topological polar surface area (TPSA) is 43.6 Å².